The fraction of sp³-hybridized carbons (Fsp3) is 1.00. The lowest BCUT2D eigenvalue weighted by molar-refractivity contribution is -0.0853. The maximum Gasteiger partial charge on any atom is 0.0682 e. The van der Waals surface area contributed by atoms with Gasteiger partial charge in [0.05, 0.1) is 5.60 Å². The van der Waals surface area contributed by atoms with Crippen LogP contribution in [0, 0.1) is 17.8 Å². The topological polar surface area (TPSA) is 9.23 Å². The van der Waals surface area contributed by atoms with Crippen molar-refractivity contribution in [3.63, 3.8) is 0 Å². The van der Waals surface area contributed by atoms with Crippen LogP contribution in [0.25, 0.3) is 0 Å². The summed E-state index contributed by atoms with van der Waals surface area (Å²) in [7, 11) is 0. The molecule has 0 spiro atoms. The van der Waals surface area contributed by atoms with E-state index in [1.807, 2.05) is 0 Å². The third-order valence-electron chi connectivity index (χ3n) is 6.63. The SMILES string of the molecule is CCCCC1(OCC)CCC(C2CCC(CCC)CC2)CC1. The van der Waals surface area contributed by atoms with Crippen molar-refractivity contribution in [3.8, 4) is 0 Å². The zero-order valence-corrected chi connectivity index (χ0v) is 15.5. The molecule has 0 amide bonds. The van der Waals surface area contributed by atoms with E-state index >= 15 is 0 Å². The maximum atomic E-state index is 6.26. The lowest BCUT2D eigenvalue weighted by Crippen LogP contribution is -2.39. The summed E-state index contributed by atoms with van der Waals surface area (Å²) in [6.45, 7) is 7.72. The van der Waals surface area contributed by atoms with Gasteiger partial charge in [-0.2, -0.15) is 0 Å². The van der Waals surface area contributed by atoms with Crippen LogP contribution in [0.4, 0.5) is 0 Å². The average Bonchev–Trinajstić information content (AvgIpc) is 2.55. The molecule has 2 rings (SSSR count). The molecule has 130 valence electrons. The van der Waals surface area contributed by atoms with Gasteiger partial charge in [-0.05, 0) is 69.6 Å². The highest BCUT2D eigenvalue weighted by molar-refractivity contribution is 4.90. The van der Waals surface area contributed by atoms with Crippen molar-refractivity contribution < 1.29 is 4.74 Å². The highest BCUT2D eigenvalue weighted by Crippen LogP contribution is 2.45. The van der Waals surface area contributed by atoms with Crippen LogP contribution in [0.1, 0.15) is 104 Å². The van der Waals surface area contributed by atoms with Crippen molar-refractivity contribution in [2.24, 2.45) is 17.8 Å². The first-order valence-electron chi connectivity index (χ1n) is 10.4. The molecule has 0 aromatic rings. The number of ether oxygens (including phenoxy) is 1. The molecule has 0 aromatic carbocycles. The molecule has 1 heteroatoms. The van der Waals surface area contributed by atoms with E-state index in [-0.39, 0.29) is 5.60 Å². The molecule has 0 atom stereocenters. The first kappa shape index (κ1) is 18.3. The van der Waals surface area contributed by atoms with E-state index in [0.29, 0.717) is 0 Å². The minimum atomic E-state index is 0.251. The number of unbranched alkanes of at least 4 members (excludes halogenated alkanes) is 1. The summed E-state index contributed by atoms with van der Waals surface area (Å²) < 4.78 is 6.26. The van der Waals surface area contributed by atoms with Gasteiger partial charge in [0.2, 0.25) is 0 Å². The predicted octanol–water partition coefficient (Wildman–Crippen LogP) is 6.75. The molecule has 0 bridgehead atoms. The van der Waals surface area contributed by atoms with Gasteiger partial charge in [0.15, 0.2) is 0 Å². The van der Waals surface area contributed by atoms with Gasteiger partial charge in [-0.3, -0.25) is 0 Å². The highest BCUT2D eigenvalue weighted by atomic mass is 16.5. The molecule has 0 heterocycles. The highest BCUT2D eigenvalue weighted by Gasteiger charge is 2.38. The third kappa shape index (κ3) is 4.98. The van der Waals surface area contributed by atoms with Gasteiger partial charge in [0, 0.05) is 6.61 Å². The van der Waals surface area contributed by atoms with E-state index in [1.54, 1.807) is 0 Å². The molecule has 0 aromatic heterocycles. The number of rotatable bonds is 8. The Labute approximate surface area is 139 Å². The molecule has 2 aliphatic rings. The van der Waals surface area contributed by atoms with Crippen molar-refractivity contribution >= 4 is 0 Å². The van der Waals surface area contributed by atoms with Crippen LogP contribution in [0.5, 0.6) is 0 Å². The Hall–Kier alpha value is -0.0400. The van der Waals surface area contributed by atoms with Crippen molar-refractivity contribution in [2.45, 2.75) is 110 Å². The largest absolute Gasteiger partial charge is 0.375 e. The zero-order chi connectivity index (χ0) is 15.8. The van der Waals surface area contributed by atoms with Crippen LogP contribution in [0.3, 0.4) is 0 Å². The molecule has 22 heavy (non-hydrogen) atoms. The van der Waals surface area contributed by atoms with Crippen LogP contribution in [-0.2, 0) is 4.74 Å². The van der Waals surface area contributed by atoms with Crippen LogP contribution in [-0.4, -0.2) is 12.2 Å². The summed E-state index contributed by atoms with van der Waals surface area (Å²) in [5, 5.41) is 0. The molecular formula is C21H40O. The van der Waals surface area contributed by atoms with E-state index in [4.69, 9.17) is 4.74 Å². The van der Waals surface area contributed by atoms with Gasteiger partial charge >= 0.3 is 0 Å². The van der Waals surface area contributed by atoms with Crippen molar-refractivity contribution in [2.75, 3.05) is 6.61 Å². The second kappa shape index (κ2) is 9.30. The van der Waals surface area contributed by atoms with Crippen LogP contribution in [0.15, 0.2) is 0 Å². The summed E-state index contributed by atoms with van der Waals surface area (Å²) in [6, 6.07) is 0. The molecule has 0 radical (unpaired) electrons. The minimum absolute atomic E-state index is 0.251. The van der Waals surface area contributed by atoms with Gasteiger partial charge in [-0.1, -0.05) is 52.4 Å². The van der Waals surface area contributed by atoms with E-state index in [9.17, 15) is 0 Å². The summed E-state index contributed by atoms with van der Waals surface area (Å²) in [5.41, 5.74) is 0.251. The Morgan fingerprint density at radius 3 is 2.00 bits per heavy atom. The molecule has 0 unspecified atom stereocenters. The fourth-order valence-electron chi connectivity index (χ4n) is 5.27. The maximum absolute atomic E-state index is 6.26. The predicted molar refractivity (Wildman–Crippen MR) is 96.2 cm³/mol. The van der Waals surface area contributed by atoms with Crippen molar-refractivity contribution in [1.82, 2.24) is 0 Å². The summed E-state index contributed by atoms with van der Waals surface area (Å²) >= 11 is 0. The number of hydrogen-bond acceptors (Lipinski definition) is 1. The van der Waals surface area contributed by atoms with Crippen molar-refractivity contribution in [3.05, 3.63) is 0 Å². The Morgan fingerprint density at radius 1 is 0.818 bits per heavy atom. The molecule has 2 aliphatic carbocycles. The molecule has 2 fully saturated rings. The van der Waals surface area contributed by atoms with E-state index < -0.39 is 0 Å². The second-order valence-electron chi connectivity index (χ2n) is 8.13. The lowest BCUT2D eigenvalue weighted by atomic mass is 9.67. The quantitative estimate of drug-likeness (QED) is 0.482. The third-order valence-corrected chi connectivity index (χ3v) is 6.63. The summed E-state index contributed by atoms with van der Waals surface area (Å²) in [4.78, 5) is 0. The molecule has 2 saturated carbocycles. The van der Waals surface area contributed by atoms with E-state index in [1.165, 1.54) is 83.5 Å². The van der Waals surface area contributed by atoms with Gasteiger partial charge in [0.25, 0.3) is 0 Å². The van der Waals surface area contributed by atoms with Gasteiger partial charge in [0.1, 0.15) is 0 Å². The van der Waals surface area contributed by atoms with Gasteiger partial charge < -0.3 is 4.74 Å². The summed E-state index contributed by atoms with van der Waals surface area (Å²) in [6.07, 6.45) is 18.4. The molecule has 0 saturated heterocycles. The molecule has 1 nitrogen and oxygen atoms in total. The Kier molecular flexibility index (Phi) is 7.74. The summed E-state index contributed by atoms with van der Waals surface area (Å²) in [5.74, 6) is 3.11. The first-order chi connectivity index (χ1) is 10.7. The van der Waals surface area contributed by atoms with Crippen LogP contribution >= 0.6 is 0 Å². The van der Waals surface area contributed by atoms with E-state index in [0.717, 1.165) is 24.4 Å². The minimum Gasteiger partial charge on any atom is -0.375 e. The monoisotopic (exact) mass is 308 g/mol. The standard InChI is InChI=1S/C21H40O/c1-4-7-15-21(22-6-3)16-13-20(14-17-21)19-11-9-18(8-5-2)10-12-19/h18-20H,4-17H2,1-3H3. The van der Waals surface area contributed by atoms with Gasteiger partial charge in [-0.25, -0.2) is 0 Å². The smallest absolute Gasteiger partial charge is 0.0682 e. The molecular weight excluding hydrogens is 268 g/mol. The Bertz CT molecular complexity index is 282. The molecule has 0 aliphatic heterocycles. The second-order valence-corrected chi connectivity index (χ2v) is 8.13. The fourth-order valence-corrected chi connectivity index (χ4v) is 5.27. The van der Waals surface area contributed by atoms with E-state index in [2.05, 4.69) is 20.8 Å². The lowest BCUT2D eigenvalue weighted by Gasteiger charge is -2.43. The normalized spacial score (nSPS) is 36.4. The zero-order valence-electron chi connectivity index (χ0n) is 15.5. The number of hydrogen-bond donors (Lipinski definition) is 0. The van der Waals surface area contributed by atoms with Crippen LogP contribution in [0.2, 0.25) is 0 Å². The first-order valence-corrected chi connectivity index (χ1v) is 10.4. The van der Waals surface area contributed by atoms with Gasteiger partial charge in [-0.15, -0.1) is 0 Å². The van der Waals surface area contributed by atoms with Crippen LogP contribution < -0.4 is 0 Å². The Balaban J connectivity index is 1.78. The molecule has 0 N–H and O–H groups in total. The average molecular weight is 309 g/mol. The van der Waals surface area contributed by atoms with Crippen molar-refractivity contribution in [1.29, 1.82) is 0 Å². The Morgan fingerprint density at radius 2 is 1.45 bits per heavy atom.